The number of likely N-dealkylation sites (tertiary alicyclic amines) is 1. The highest BCUT2D eigenvalue weighted by atomic mass is 16.3. The van der Waals surface area contributed by atoms with Gasteiger partial charge in [-0.05, 0) is 59.0 Å². The van der Waals surface area contributed by atoms with Crippen molar-refractivity contribution in [2.45, 2.75) is 40.0 Å². The Morgan fingerprint density at radius 1 is 1.29 bits per heavy atom. The average Bonchev–Trinajstić information content (AvgIpc) is 2.48. The summed E-state index contributed by atoms with van der Waals surface area (Å²) < 4.78 is 0. The highest BCUT2D eigenvalue weighted by Gasteiger charge is 2.18. The Morgan fingerprint density at radius 3 is 2.86 bits per heavy atom. The van der Waals surface area contributed by atoms with Crippen LogP contribution in [0.1, 0.15) is 36.3 Å². The van der Waals surface area contributed by atoms with Crippen LogP contribution in [0, 0.1) is 26.7 Å². The Labute approximate surface area is 127 Å². The molecule has 1 fully saturated rings. The first-order valence-electron chi connectivity index (χ1n) is 7.99. The molecule has 118 valence electrons. The molecular weight excluding hydrogens is 264 g/mol. The molecule has 0 amide bonds. The summed E-state index contributed by atoms with van der Waals surface area (Å²) in [7, 11) is 0. The van der Waals surface area contributed by atoms with E-state index in [0.29, 0.717) is 12.5 Å². The number of aliphatic hydroxyl groups is 1. The summed E-state index contributed by atoms with van der Waals surface area (Å²) in [5.74, 6) is 2.26. The standard InChI is InChI=1S/C16H28N4O/c1-12-13(2)18-14(3)19-16(12)17-7-5-9-20-8-4-6-15(10-20)11-21/h15,21H,4-11H2,1-3H3,(H,17,18,19). The lowest BCUT2D eigenvalue weighted by Crippen LogP contribution is -2.37. The summed E-state index contributed by atoms with van der Waals surface area (Å²) in [5.41, 5.74) is 2.19. The van der Waals surface area contributed by atoms with E-state index in [9.17, 15) is 5.11 Å². The van der Waals surface area contributed by atoms with Crippen molar-refractivity contribution in [3.05, 3.63) is 17.1 Å². The van der Waals surface area contributed by atoms with Crippen LogP contribution in [0.15, 0.2) is 0 Å². The van der Waals surface area contributed by atoms with Crippen LogP contribution in [0.3, 0.4) is 0 Å². The lowest BCUT2D eigenvalue weighted by Gasteiger charge is -2.31. The van der Waals surface area contributed by atoms with E-state index in [1.165, 1.54) is 19.4 Å². The molecule has 1 aromatic rings. The van der Waals surface area contributed by atoms with Crippen molar-refractivity contribution in [3.63, 3.8) is 0 Å². The number of nitrogens with zero attached hydrogens (tertiary/aromatic N) is 3. The van der Waals surface area contributed by atoms with E-state index < -0.39 is 0 Å². The van der Waals surface area contributed by atoms with Gasteiger partial charge in [0.25, 0.3) is 0 Å². The molecule has 0 saturated carbocycles. The van der Waals surface area contributed by atoms with Crippen LogP contribution >= 0.6 is 0 Å². The molecule has 2 rings (SSSR count). The Kier molecular flexibility index (Phi) is 5.94. The van der Waals surface area contributed by atoms with Crippen LogP contribution in [0.2, 0.25) is 0 Å². The lowest BCUT2D eigenvalue weighted by atomic mass is 9.99. The summed E-state index contributed by atoms with van der Waals surface area (Å²) in [6, 6.07) is 0. The molecule has 1 aliphatic rings. The number of piperidine rings is 1. The first-order valence-corrected chi connectivity index (χ1v) is 7.99. The fourth-order valence-electron chi connectivity index (χ4n) is 2.95. The van der Waals surface area contributed by atoms with Gasteiger partial charge in [0, 0.05) is 31.0 Å². The van der Waals surface area contributed by atoms with Gasteiger partial charge < -0.3 is 15.3 Å². The smallest absolute Gasteiger partial charge is 0.132 e. The Hall–Kier alpha value is -1.20. The second kappa shape index (κ2) is 7.71. The number of aryl methyl sites for hydroxylation is 2. The molecule has 2 heterocycles. The van der Waals surface area contributed by atoms with Crippen molar-refractivity contribution in [1.82, 2.24) is 14.9 Å². The van der Waals surface area contributed by atoms with Crippen molar-refractivity contribution >= 4 is 5.82 Å². The zero-order valence-electron chi connectivity index (χ0n) is 13.5. The largest absolute Gasteiger partial charge is 0.396 e. The fraction of sp³-hybridized carbons (Fsp3) is 0.750. The van der Waals surface area contributed by atoms with E-state index in [2.05, 4.69) is 27.1 Å². The molecule has 0 spiro atoms. The van der Waals surface area contributed by atoms with E-state index in [1.807, 2.05) is 13.8 Å². The minimum atomic E-state index is 0.327. The third kappa shape index (κ3) is 4.64. The number of hydrogen-bond acceptors (Lipinski definition) is 5. The van der Waals surface area contributed by atoms with Crippen molar-refractivity contribution in [3.8, 4) is 0 Å². The number of aliphatic hydroxyl groups excluding tert-OH is 1. The summed E-state index contributed by atoms with van der Waals surface area (Å²) in [6.07, 6.45) is 3.48. The van der Waals surface area contributed by atoms with Gasteiger partial charge in [0.05, 0.1) is 0 Å². The van der Waals surface area contributed by atoms with Crippen LogP contribution in [0.5, 0.6) is 0 Å². The van der Waals surface area contributed by atoms with Crippen LogP contribution in [0.25, 0.3) is 0 Å². The monoisotopic (exact) mass is 292 g/mol. The SMILES string of the molecule is Cc1nc(C)c(C)c(NCCCN2CCCC(CO)C2)n1. The molecule has 1 aromatic heterocycles. The van der Waals surface area contributed by atoms with Crippen molar-refractivity contribution < 1.29 is 5.11 Å². The van der Waals surface area contributed by atoms with Crippen molar-refractivity contribution in [1.29, 1.82) is 0 Å². The Morgan fingerprint density at radius 2 is 2.10 bits per heavy atom. The van der Waals surface area contributed by atoms with Crippen LogP contribution in [-0.4, -0.2) is 52.8 Å². The number of anilines is 1. The number of rotatable bonds is 6. The van der Waals surface area contributed by atoms with Gasteiger partial charge in [-0.25, -0.2) is 9.97 Å². The van der Waals surface area contributed by atoms with E-state index in [0.717, 1.165) is 49.0 Å². The molecule has 5 heteroatoms. The molecule has 0 radical (unpaired) electrons. The minimum Gasteiger partial charge on any atom is -0.396 e. The number of hydrogen-bond donors (Lipinski definition) is 2. The van der Waals surface area contributed by atoms with E-state index in [-0.39, 0.29) is 0 Å². The zero-order chi connectivity index (χ0) is 15.2. The quantitative estimate of drug-likeness (QED) is 0.784. The minimum absolute atomic E-state index is 0.327. The molecule has 1 saturated heterocycles. The molecule has 1 aliphatic heterocycles. The van der Waals surface area contributed by atoms with Gasteiger partial charge in [-0.2, -0.15) is 0 Å². The first-order chi connectivity index (χ1) is 10.1. The third-order valence-electron chi connectivity index (χ3n) is 4.31. The molecule has 1 unspecified atom stereocenters. The second-order valence-electron chi connectivity index (χ2n) is 6.10. The van der Waals surface area contributed by atoms with Crippen LogP contribution in [0.4, 0.5) is 5.82 Å². The van der Waals surface area contributed by atoms with Gasteiger partial charge in [-0.15, -0.1) is 0 Å². The summed E-state index contributed by atoms with van der Waals surface area (Å²) in [5, 5.41) is 12.7. The molecule has 0 aromatic carbocycles. The Bertz CT molecular complexity index is 464. The van der Waals surface area contributed by atoms with Gasteiger partial charge in [0.1, 0.15) is 11.6 Å². The molecule has 2 N–H and O–H groups in total. The topological polar surface area (TPSA) is 61.3 Å². The van der Waals surface area contributed by atoms with E-state index in [4.69, 9.17) is 0 Å². The maximum absolute atomic E-state index is 9.26. The van der Waals surface area contributed by atoms with Gasteiger partial charge >= 0.3 is 0 Å². The van der Waals surface area contributed by atoms with Gasteiger partial charge in [0.2, 0.25) is 0 Å². The average molecular weight is 292 g/mol. The van der Waals surface area contributed by atoms with Crippen LogP contribution < -0.4 is 5.32 Å². The molecule has 5 nitrogen and oxygen atoms in total. The highest BCUT2D eigenvalue weighted by molar-refractivity contribution is 5.45. The molecule has 1 atom stereocenters. The van der Waals surface area contributed by atoms with E-state index >= 15 is 0 Å². The predicted octanol–water partition coefficient (Wildman–Crippen LogP) is 1.91. The summed E-state index contributed by atoms with van der Waals surface area (Å²) in [4.78, 5) is 11.3. The molecular formula is C16H28N4O. The summed E-state index contributed by atoms with van der Waals surface area (Å²) in [6.45, 7) is 10.6. The zero-order valence-corrected chi connectivity index (χ0v) is 13.5. The van der Waals surface area contributed by atoms with Crippen LogP contribution in [-0.2, 0) is 0 Å². The lowest BCUT2D eigenvalue weighted by molar-refractivity contribution is 0.120. The van der Waals surface area contributed by atoms with Gasteiger partial charge in [-0.1, -0.05) is 0 Å². The van der Waals surface area contributed by atoms with Gasteiger partial charge in [-0.3, -0.25) is 0 Å². The number of nitrogens with one attached hydrogen (secondary N) is 1. The molecule has 0 bridgehead atoms. The third-order valence-corrected chi connectivity index (χ3v) is 4.31. The number of aromatic nitrogens is 2. The predicted molar refractivity (Wildman–Crippen MR) is 85.6 cm³/mol. The maximum atomic E-state index is 9.26. The summed E-state index contributed by atoms with van der Waals surface area (Å²) >= 11 is 0. The van der Waals surface area contributed by atoms with Crippen molar-refractivity contribution in [2.75, 3.05) is 38.1 Å². The molecule has 0 aliphatic carbocycles. The van der Waals surface area contributed by atoms with Crippen molar-refractivity contribution in [2.24, 2.45) is 5.92 Å². The van der Waals surface area contributed by atoms with Gasteiger partial charge in [0.15, 0.2) is 0 Å². The molecule has 21 heavy (non-hydrogen) atoms. The Balaban J connectivity index is 1.75. The normalized spacial score (nSPS) is 19.7. The van der Waals surface area contributed by atoms with E-state index in [1.54, 1.807) is 0 Å². The fourth-order valence-corrected chi connectivity index (χ4v) is 2.95. The second-order valence-corrected chi connectivity index (χ2v) is 6.10. The first kappa shape index (κ1) is 16.2. The maximum Gasteiger partial charge on any atom is 0.132 e. The highest BCUT2D eigenvalue weighted by Crippen LogP contribution is 2.16.